The largest absolute Gasteiger partial charge is 0.495 e. The van der Waals surface area contributed by atoms with Crippen molar-refractivity contribution in [2.75, 3.05) is 39.8 Å². The molecule has 2 heterocycles. The Morgan fingerprint density at radius 1 is 1.03 bits per heavy atom. The molecule has 2 aromatic carbocycles. The summed E-state index contributed by atoms with van der Waals surface area (Å²) in [6.45, 7) is 3.30. The number of anilines is 1. The van der Waals surface area contributed by atoms with E-state index in [-0.39, 0.29) is 19.0 Å². The number of carbonyl (C=O) groups excluding carboxylic acids is 1. The molecule has 0 saturated carbocycles. The number of unbranched alkanes of at least 4 members (excludes halogenated alkanes) is 1. The van der Waals surface area contributed by atoms with E-state index in [9.17, 15) is 4.79 Å². The molecule has 0 unspecified atom stereocenters. The number of pyridine rings is 1. The molecule has 0 radical (unpaired) electrons. The van der Waals surface area contributed by atoms with Crippen molar-refractivity contribution in [1.29, 1.82) is 0 Å². The molecule has 8 heteroatoms. The quantitative estimate of drug-likeness (QED) is 0.414. The van der Waals surface area contributed by atoms with Gasteiger partial charge in [0.05, 0.1) is 21.3 Å². The summed E-state index contributed by atoms with van der Waals surface area (Å²) >= 11 is 0. The molecule has 3 aromatic rings. The number of benzene rings is 2. The molecule has 7 nitrogen and oxygen atoms in total. The van der Waals surface area contributed by atoms with Gasteiger partial charge in [0.2, 0.25) is 0 Å². The van der Waals surface area contributed by atoms with E-state index in [1.165, 1.54) is 0 Å². The van der Waals surface area contributed by atoms with Gasteiger partial charge in [0.1, 0.15) is 23.7 Å². The van der Waals surface area contributed by atoms with Crippen LogP contribution in [0.15, 0.2) is 30.5 Å². The first kappa shape index (κ1) is 24.5. The van der Waals surface area contributed by atoms with Gasteiger partial charge in [-0.05, 0) is 41.6 Å². The van der Waals surface area contributed by atoms with Crippen molar-refractivity contribution in [2.45, 2.75) is 26.4 Å². The van der Waals surface area contributed by atoms with Gasteiger partial charge >= 0.3 is 5.97 Å². The Morgan fingerprint density at radius 3 is 2.30 bits per heavy atom. The molecule has 176 valence electrons. The lowest BCUT2D eigenvalue weighted by Gasteiger charge is -2.20. The highest BCUT2D eigenvalue weighted by atomic mass is 35.5. The number of halogens is 1. The summed E-state index contributed by atoms with van der Waals surface area (Å²) in [5.74, 6) is 2.15. The van der Waals surface area contributed by atoms with E-state index in [0.29, 0.717) is 22.8 Å². The Hall–Kier alpha value is -3.19. The molecule has 0 amide bonds. The van der Waals surface area contributed by atoms with Crippen molar-refractivity contribution in [3.05, 3.63) is 41.6 Å². The van der Waals surface area contributed by atoms with Crippen LogP contribution in [0.25, 0.3) is 21.9 Å². The lowest BCUT2D eigenvalue weighted by molar-refractivity contribution is 0.0533. The van der Waals surface area contributed by atoms with Gasteiger partial charge in [0.15, 0.2) is 11.5 Å². The number of hydrogen-bond donors (Lipinski definition) is 0. The second-order valence-electron chi connectivity index (χ2n) is 7.77. The van der Waals surface area contributed by atoms with E-state index < -0.39 is 5.97 Å². The van der Waals surface area contributed by atoms with Crippen molar-refractivity contribution in [1.82, 2.24) is 4.98 Å². The van der Waals surface area contributed by atoms with Crippen LogP contribution in [0.2, 0.25) is 0 Å². The Morgan fingerprint density at radius 2 is 1.73 bits per heavy atom. The summed E-state index contributed by atoms with van der Waals surface area (Å²) in [5.41, 5.74) is 3.02. The third-order valence-electron chi connectivity index (χ3n) is 5.90. The predicted molar refractivity (Wildman–Crippen MR) is 131 cm³/mol. The summed E-state index contributed by atoms with van der Waals surface area (Å²) in [5, 5.41) is 1.63. The standard InChI is InChI=1S/C25H28N2O5.ClH/c1-6-7-10-27(2)21-9-8-15(13-26-21)22-16-11-19(29-3)20(30-4)12-17(16)24(31-5)23-18(22)14-32-25(23)28;/h8-9,11-13H,6-7,10,14H2,1-5H3;1H. The van der Waals surface area contributed by atoms with Gasteiger partial charge in [-0.3, -0.25) is 0 Å². The fourth-order valence-corrected chi connectivity index (χ4v) is 4.21. The molecule has 1 aliphatic heterocycles. The fourth-order valence-electron chi connectivity index (χ4n) is 4.21. The Labute approximate surface area is 200 Å². The monoisotopic (exact) mass is 472 g/mol. The summed E-state index contributed by atoms with van der Waals surface area (Å²) in [6.07, 6.45) is 4.09. The van der Waals surface area contributed by atoms with Crippen molar-refractivity contribution in [3.8, 4) is 28.4 Å². The van der Waals surface area contributed by atoms with Crippen molar-refractivity contribution in [2.24, 2.45) is 0 Å². The maximum Gasteiger partial charge on any atom is 0.342 e. The molecule has 0 aliphatic carbocycles. The van der Waals surface area contributed by atoms with Gasteiger partial charge in [-0.2, -0.15) is 0 Å². The maximum absolute atomic E-state index is 12.6. The van der Waals surface area contributed by atoms with Crippen LogP contribution < -0.4 is 19.1 Å². The zero-order chi connectivity index (χ0) is 22.8. The molecule has 0 bridgehead atoms. The molecule has 1 aromatic heterocycles. The van der Waals surface area contributed by atoms with E-state index in [1.54, 1.807) is 21.3 Å². The number of hydrogen-bond acceptors (Lipinski definition) is 7. The number of aromatic nitrogens is 1. The zero-order valence-corrected chi connectivity index (χ0v) is 20.4. The Balaban J connectivity index is 0.00000306. The molecule has 0 N–H and O–H groups in total. The highest BCUT2D eigenvalue weighted by molar-refractivity contribution is 6.12. The number of ether oxygens (including phenoxy) is 4. The van der Waals surface area contributed by atoms with E-state index in [0.717, 1.165) is 52.7 Å². The molecular formula is C25H29ClN2O5. The first-order chi connectivity index (χ1) is 15.5. The van der Waals surface area contributed by atoms with E-state index in [1.807, 2.05) is 37.5 Å². The SMILES string of the molecule is CCCCN(C)c1ccc(-c2c3c(c(OC)c4cc(OC)c(OC)cc24)C(=O)OC3)cn1.Cl. The van der Waals surface area contributed by atoms with Crippen LogP contribution in [-0.4, -0.2) is 45.9 Å². The normalized spacial score (nSPS) is 12.1. The van der Waals surface area contributed by atoms with Gasteiger partial charge in [-0.15, -0.1) is 12.4 Å². The highest BCUT2D eigenvalue weighted by Gasteiger charge is 2.32. The topological polar surface area (TPSA) is 70.1 Å². The molecule has 33 heavy (non-hydrogen) atoms. The van der Waals surface area contributed by atoms with Crippen molar-refractivity contribution >= 4 is 35.0 Å². The minimum absolute atomic E-state index is 0. The Bertz CT molecular complexity index is 1160. The van der Waals surface area contributed by atoms with Gasteiger partial charge < -0.3 is 23.8 Å². The summed E-state index contributed by atoms with van der Waals surface area (Å²) in [6, 6.07) is 7.79. The van der Waals surface area contributed by atoms with E-state index >= 15 is 0 Å². The number of nitrogens with zero attached hydrogens (tertiary/aromatic N) is 2. The van der Waals surface area contributed by atoms with Crippen molar-refractivity contribution < 1.29 is 23.7 Å². The number of fused-ring (bicyclic) bond motifs is 2. The number of methoxy groups -OCH3 is 3. The number of esters is 1. The average Bonchev–Trinajstić information content (AvgIpc) is 3.21. The van der Waals surface area contributed by atoms with E-state index in [2.05, 4.69) is 11.8 Å². The van der Waals surface area contributed by atoms with Gasteiger partial charge in [-0.25, -0.2) is 9.78 Å². The van der Waals surface area contributed by atoms with Crippen LogP contribution in [0.5, 0.6) is 17.2 Å². The van der Waals surface area contributed by atoms with E-state index in [4.69, 9.17) is 23.9 Å². The zero-order valence-electron chi connectivity index (χ0n) is 19.6. The molecule has 0 atom stereocenters. The first-order valence-corrected chi connectivity index (χ1v) is 10.7. The summed E-state index contributed by atoms with van der Waals surface area (Å²) < 4.78 is 22.1. The van der Waals surface area contributed by atoms with Crippen LogP contribution in [-0.2, 0) is 11.3 Å². The molecule has 0 saturated heterocycles. The third-order valence-corrected chi connectivity index (χ3v) is 5.90. The number of rotatable bonds is 8. The molecule has 0 spiro atoms. The Kier molecular flexibility index (Phi) is 7.53. The predicted octanol–water partition coefficient (Wildman–Crippen LogP) is 5.26. The second kappa shape index (κ2) is 10.2. The smallest absolute Gasteiger partial charge is 0.342 e. The lowest BCUT2D eigenvalue weighted by Crippen LogP contribution is -2.19. The summed E-state index contributed by atoms with van der Waals surface area (Å²) in [4.78, 5) is 19.4. The number of cyclic esters (lactones) is 1. The average molecular weight is 473 g/mol. The second-order valence-corrected chi connectivity index (χ2v) is 7.77. The fraction of sp³-hybridized carbons (Fsp3) is 0.360. The first-order valence-electron chi connectivity index (χ1n) is 10.7. The minimum Gasteiger partial charge on any atom is -0.495 e. The number of carbonyl (C=O) groups is 1. The van der Waals surface area contributed by atoms with Crippen LogP contribution in [0.4, 0.5) is 5.82 Å². The molecule has 4 rings (SSSR count). The lowest BCUT2D eigenvalue weighted by atomic mass is 9.90. The molecule has 1 aliphatic rings. The summed E-state index contributed by atoms with van der Waals surface area (Å²) in [7, 11) is 6.78. The van der Waals surface area contributed by atoms with Gasteiger partial charge in [0, 0.05) is 36.3 Å². The minimum atomic E-state index is -0.390. The van der Waals surface area contributed by atoms with Crippen molar-refractivity contribution in [3.63, 3.8) is 0 Å². The van der Waals surface area contributed by atoms with Gasteiger partial charge in [0.25, 0.3) is 0 Å². The van der Waals surface area contributed by atoms with Gasteiger partial charge in [-0.1, -0.05) is 13.3 Å². The maximum atomic E-state index is 12.6. The van der Waals surface area contributed by atoms with Crippen LogP contribution >= 0.6 is 12.4 Å². The highest BCUT2D eigenvalue weighted by Crippen LogP contribution is 2.47. The van der Waals surface area contributed by atoms with Crippen LogP contribution in [0.3, 0.4) is 0 Å². The van der Waals surface area contributed by atoms with Crippen LogP contribution in [0, 0.1) is 0 Å². The molecule has 0 fully saturated rings. The molecular weight excluding hydrogens is 444 g/mol. The van der Waals surface area contributed by atoms with Crippen LogP contribution in [0.1, 0.15) is 35.7 Å². The third kappa shape index (κ3) is 4.25.